The predicted molar refractivity (Wildman–Crippen MR) is 81.3 cm³/mol. The highest BCUT2D eigenvalue weighted by atomic mass is 28.3. The number of benzene rings is 1. The minimum Gasteiger partial charge on any atom is -0.546 e. The van der Waals surface area contributed by atoms with E-state index in [2.05, 4.69) is 25.0 Å². The van der Waals surface area contributed by atoms with E-state index < -0.39 is 9.04 Å². The van der Waals surface area contributed by atoms with Crippen molar-refractivity contribution in [2.24, 2.45) is 4.99 Å². The van der Waals surface area contributed by atoms with E-state index in [0.717, 1.165) is 22.9 Å². The quantitative estimate of drug-likeness (QED) is 0.621. The molecule has 0 amide bonds. The zero-order valence-corrected chi connectivity index (χ0v) is 13.0. The Morgan fingerprint density at radius 1 is 1.26 bits per heavy atom. The molecule has 0 spiro atoms. The molecule has 19 heavy (non-hydrogen) atoms. The lowest BCUT2D eigenvalue weighted by Gasteiger charge is -2.12. The molecule has 0 aliphatic heterocycles. The topological polar surface area (TPSA) is 34.7 Å². The molecule has 4 heteroatoms. The van der Waals surface area contributed by atoms with Gasteiger partial charge in [-0.3, -0.25) is 0 Å². The van der Waals surface area contributed by atoms with Crippen LogP contribution in [0.4, 0.5) is 5.69 Å². The van der Waals surface area contributed by atoms with E-state index in [9.17, 15) is 0 Å². The van der Waals surface area contributed by atoms with Crippen molar-refractivity contribution in [2.75, 3.05) is 0 Å². The molecule has 2 aromatic rings. The smallest absolute Gasteiger partial charge is 0.229 e. The van der Waals surface area contributed by atoms with Crippen molar-refractivity contribution >= 4 is 20.4 Å². The third kappa shape index (κ3) is 3.58. The summed E-state index contributed by atoms with van der Waals surface area (Å²) in [5.74, 6) is 1.65. The lowest BCUT2D eigenvalue weighted by molar-refractivity contribution is 0.557. The largest absolute Gasteiger partial charge is 0.546 e. The van der Waals surface area contributed by atoms with Gasteiger partial charge in [-0.25, -0.2) is 4.99 Å². The van der Waals surface area contributed by atoms with E-state index in [1.54, 1.807) is 6.26 Å². The highest BCUT2D eigenvalue weighted by Gasteiger charge is 2.08. The first-order valence-electron chi connectivity index (χ1n) is 6.42. The Kier molecular flexibility index (Phi) is 4.22. The molecule has 0 N–H and O–H groups in total. The van der Waals surface area contributed by atoms with Crippen molar-refractivity contribution in [3.8, 4) is 5.75 Å². The molecular weight excluding hydrogens is 254 g/mol. The van der Waals surface area contributed by atoms with Crippen molar-refractivity contribution in [3.63, 3.8) is 0 Å². The number of aliphatic imine (C=N–C) groups is 1. The maximum Gasteiger partial charge on any atom is 0.229 e. The van der Waals surface area contributed by atoms with E-state index in [1.165, 1.54) is 5.56 Å². The van der Waals surface area contributed by atoms with Crippen LogP contribution >= 0.6 is 0 Å². The lowest BCUT2D eigenvalue weighted by atomic mass is 10.2. The molecule has 0 unspecified atom stereocenters. The van der Waals surface area contributed by atoms with Gasteiger partial charge in [0.1, 0.15) is 17.2 Å². The zero-order chi connectivity index (χ0) is 13.8. The number of hydrogen-bond donors (Lipinski definition) is 0. The molecular formula is C15H19NO2Si. The van der Waals surface area contributed by atoms with Crippen LogP contribution in [-0.2, 0) is 0 Å². The molecule has 2 rings (SSSR count). The van der Waals surface area contributed by atoms with Crippen LogP contribution in [0.5, 0.6) is 5.75 Å². The maximum atomic E-state index is 5.92. The molecule has 1 aromatic carbocycles. The van der Waals surface area contributed by atoms with Crippen LogP contribution in [-0.4, -0.2) is 14.8 Å². The second-order valence-electron chi connectivity index (χ2n) is 4.81. The molecule has 1 aromatic heterocycles. The summed E-state index contributed by atoms with van der Waals surface area (Å²) in [7, 11) is -1.14. The van der Waals surface area contributed by atoms with Crippen molar-refractivity contribution in [1.29, 1.82) is 0 Å². The normalized spacial score (nSPS) is 11.9. The van der Waals surface area contributed by atoms with Crippen LogP contribution in [0.25, 0.3) is 0 Å². The van der Waals surface area contributed by atoms with Gasteiger partial charge in [0, 0.05) is 0 Å². The van der Waals surface area contributed by atoms with Crippen molar-refractivity contribution < 1.29 is 8.84 Å². The van der Waals surface area contributed by atoms with E-state index in [1.807, 2.05) is 37.3 Å². The first-order valence-corrected chi connectivity index (χ1v) is 9.21. The Morgan fingerprint density at radius 2 is 2.05 bits per heavy atom. The van der Waals surface area contributed by atoms with Gasteiger partial charge in [-0.05, 0) is 56.8 Å². The molecule has 0 saturated heterocycles. The van der Waals surface area contributed by atoms with Gasteiger partial charge in [0.2, 0.25) is 9.04 Å². The fourth-order valence-electron chi connectivity index (χ4n) is 1.79. The average Bonchev–Trinajstić information content (AvgIpc) is 2.86. The fourth-order valence-corrected chi connectivity index (χ4v) is 2.50. The molecule has 3 nitrogen and oxygen atoms in total. The Bertz CT molecular complexity index is 574. The van der Waals surface area contributed by atoms with Crippen LogP contribution in [0.2, 0.25) is 13.1 Å². The molecule has 0 aliphatic rings. The van der Waals surface area contributed by atoms with Gasteiger partial charge in [-0.15, -0.1) is 0 Å². The molecule has 1 heterocycles. The van der Waals surface area contributed by atoms with Gasteiger partial charge in [-0.2, -0.15) is 0 Å². The van der Waals surface area contributed by atoms with Crippen LogP contribution < -0.4 is 4.43 Å². The van der Waals surface area contributed by atoms with Crippen molar-refractivity contribution in [2.45, 2.75) is 26.9 Å². The van der Waals surface area contributed by atoms with Gasteiger partial charge < -0.3 is 8.84 Å². The number of rotatable bonds is 4. The Balaban J connectivity index is 2.37. The molecule has 100 valence electrons. The fraction of sp³-hybridized carbons (Fsp3) is 0.267. The molecule has 0 atom stereocenters. The summed E-state index contributed by atoms with van der Waals surface area (Å²) in [6.07, 6.45) is 1.66. The van der Waals surface area contributed by atoms with Crippen LogP contribution in [0.15, 0.2) is 46.0 Å². The predicted octanol–water partition coefficient (Wildman–Crippen LogP) is 4.09. The standard InChI is InChI=1S/C15H19NO2Si/c1-11-7-8-15(18-19(3)4)13(10-11)16-12(2)14-6-5-9-17-14/h5-10,19H,1-4H3. The van der Waals surface area contributed by atoms with Gasteiger partial charge in [0.25, 0.3) is 0 Å². The van der Waals surface area contributed by atoms with Gasteiger partial charge in [0.15, 0.2) is 0 Å². The number of furan rings is 1. The summed E-state index contributed by atoms with van der Waals surface area (Å²) >= 11 is 0. The van der Waals surface area contributed by atoms with Crippen molar-refractivity contribution in [1.82, 2.24) is 0 Å². The second kappa shape index (κ2) is 5.89. The van der Waals surface area contributed by atoms with E-state index in [-0.39, 0.29) is 0 Å². The molecule has 0 fully saturated rings. The van der Waals surface area contributed by atoms with E-state index in [4.69, 9.17) is 8.84 Å². The first kappa shape index (κ1) is 13.6. The number of aryl methyl sites for hydroxylation is 1. The monoisotopic (exact) mass is 273 g/mol. The number of nitrogens with zero attached hydrogens (tertiary/aromatic N) is 1. The summed E-state index contributed by atoms with van der Waals surface area (Å²) in [4.78, 5) is 4.64. The Morgan fingerprint density at radius 3 is 2.68 bits per heavy atom. The van der Waals surface area contributed by atoms with Gasteiger partial charge >= 0.3 is 0 Å². The highest BCUT2D eigenvalue weighted by Crippen LogP contribution is 2.30. The first-order chi connectivity index (χ1) is 9.06. The second-order valence-corrected chi connectivity index (χ2v) is 7.15. The van der Waals surface area contributed by atoms with E-state index in [0.29, 0.717) is 0 Å². The van der Waals surface area contributed by atoms with Crippen LogP contribution in [0.3, 0.4) is 0 Å². The number of hydrogen-bond acceptors (Lipinski definition) is 3. The highest BCUT2D eigenvalue weighted by molar-refractivity contribution is 6.49. The summed E-state index contributed by atoms with van der Waals surface area (Å²) in [5, 5.41) is 0. The third-order valence-corrected chi connectivity index (χ3v) is 3.37. The zero-order valence-electron chi connectivity index (χ0n) is 11.8. The molecule has 0 aliphatic carbocycles. The minimum atomic E-state index is -1.14. The molecule has 0 radical (unpaired) electrons. The van der Waals surface area contributed by atoms with Crippen molar-refractivity contribution in [3.05, 3.63) is 47.9 Å². The summed E-state index contributed by atoms with van der Waals surface area (Å²) in [6, 6.07) is 9.86. The summed E-state index contributed by atoms with van der Waals surface area (Å²) < 4.78 is 11.3. The maximum absolute atomic E-state index is 5.92. The van der Waals surface area contributed by atoms with Crippen LogP contribution in [0, 0.1) is 6.92 Å². The summed E-state index contributed by atoms with van der Waals surface area (Å²) in [6.45, 7) is 8.29. The van der Waals surface area contributed by atoms with Gasteiger partial charge in [0.05, 0.1) is 12.0 Å². The Hall–Kier alpha value is -1.81. The SMILES string of the molecule is CC(=Nc1cc(C)ccc1O[SiH](C)C)c1ccco1. The molecule has 0 saturated carbocycles. The molecule has 0 bridgehead atoms. The average molecular weight is 273 g/mol. The lowest BCUT2D eigenvalue weighted by Crippen LogP contribution is -2.11. The minimum absolute atomic E-state index is 0.786. The van der Waals surface area contributed by atoms with Gasteiger partial charge in [-0.1, -0.05) is 6.07 Å². The Labute approximate surface area is 115 Å². The summed E-state index contributed by atoms with van der Waals surface area (Å²) in [5.41, 5.74) is 2.89. The van der Waals surface area contributed by atoms with E-state index >= 15 is 0 Å². The third-order valence-electron chi connectivity index (χ3n) is 2.64. The van der Waals surface area contributed by atoms with Crippen LogP contribution in [0.1, 0.15) is 18.2 Å².